The molecule has 3 aliphatic heterocycles. The summed E-state index contributed by atoms with van der Waals surface area (Å²) in [6.45, 7) is 3.21. The van der Waals surface area contributed by atoms with Crippen molar-refractivity contribution in [3.05, 3.63) is 11.1 Å². The van der Waals surface area contributed by atoms with Gasteiger partial charge in [0, 0.05) is 51.9 Å². The number of hydrogen-bond acceptors (Lipinski definition) is 5. The van der Waals surface area contributed by atoms with Gasteiger partial charge in [0.1, 0.15) is 0 Å². The number of hydrogen-bond donors (Lipinski definition) is 1. The number of urea groups is 1. The molecule has 1 saturated carbocycles. The molecule has 26 heavy (non-hydrogen) atoms. The van der Waals surface area contributed by atoms with E-state index in [1.54, 1.807) is 30.8 Å². The van der Waals surface area contributed by atoms with Crippen LogP contribution < -0.4 is 5.32 Å². The maximum atomic E-state index is 12.7. The Hall–Kier alpha value is -1.70. The van der Waals surface area contributed by atoms with E-state index in [9.17, 15) is 9.59 Å². The van der Waals surface area contributed by atoms with E-state index in [4.69, 9.17) is 0 Å². The molecule has 0 aromatic rings. The number of thioether (sulfide) groups is 1. The van der Waals surface area contributed by atoms with E-state index in [0.717, 1.165) is 36.9 Å². The predicted molar refractivity (Wildman–Crippen MR) is 103 cm³/mol. The summed E-state index contributed by atoms with van der Waals surface area (Å²) in [4.78, 5) is 35.2. The van der Waals surface area contributed by atoms with Gasteiger partial charge in [-0.1, -0.05) is 11.8 Å². The summed E-state index contributed by atoms with van der Waals surface area (Å²) >= 11 is 1.62. The van der Waals surface area contributed by atoms with Crippen molar-refractivity contribution in [3.63, 3.8) is 0 Å². The number of aliphatic imine (C=N–C) groups is 1. The van der Waals surface area contributed by atoms with Crippen molar-refractivity contribution < 1.29 is 9.59 Å². The van der Waals surface area contributed by atoms with Gasteiger partial charge in [0.2, 0.25) is 5.91 Å². The fourth-order valence-electron chi connectivity index (χ4n) is 4.12. The molecule has 1 N–H and O–H groups in total. The second kappa shape index (κ2) is 7.13. The molecule has 0 aromatic heterocycles. The lowest BCUT2D eigenvalue weighted by Gasteiger charge is -2.26. The highest BCUT2D eigenvalue weighted by Crippen LogP contribution is 2.41. The van der Waals surface area contributed by atoms with E-state index in [1.165, 1.54) is 12.8 Å². The van der Waals surface area contributed by atoms with Gasteiger partial charge in [-0.2, -0.15) is 0 Å². The summed E-state index contributed by atoms with van der Waals surface area (Å²) in [7, 11) is 3.56. The molecule has 1 aliphatic carbocycles. The fraction of sp³-hybridized carbons (Fsp3) is 0.722. The van der Waals surface area contributed by atoms with Gasteiger partial charge in [-0.25, -0.2) is 4.79 Å². The monoisotopic (exact) mass is 377 g/mol. The third kappa shape index (κ3) is 3.56. The Labute approximate surface area is 158 Å². The van der Waals surface area contributed by atoms with Crippen molar-refractivity contribution in [3.8, 4) is 0 Å². The highest BCUT2D eigenvalue weighted by Gasteiger charge is 2.44. The lowest BCUT2D eigenvalue weighted by Crippen LogP contribution is -2.43. The number of carbonyl (C=O) groups excluding carboxylic acids is 2. The lowest BCUT2D eigenvalue weighted by atomic mass is 9.98. The van der Waals surface area contributed by atoms with Crippen LogP contribution in [0.2, 0.25) is 0 Å². The molecule has 3 heterocycles. The topological polar surface area (TPSA) is 68.2 Å². The van der Waals surface area contributed by atoms with Crippen LogP contribution in [0.1, 0.15) is 25.7 Å². The molecular formula is C18H27N5O2S. The molecule has 2 atom stereocenters. The van der Waals surface area contributed by atoms with Crippen LogP contribution in [-0.4, -0.2) is 78.1 Å². The van der Waals surface area contributed by atoms with Gasteiger partial charge in [0.05, 0.1) is 12.5 Å². The SMILES string of the molecule is CN(C)C(=O)N1C[C@@H](NC(=O)CC2=CSC3=NCCCN23)[C@H](C2CC2)C1. The Bertz CT molecular complexity index is 658. The zero-order valence-corrected chi connectivity index (χ0v) is 16.3. The van der Waals surface area contributed by atoms with Crippen LogP contribution in [-0.2, 0) is 4.79 Å². The predicted octanol–water partition coefficient (Wildman–Crippen LogP) is 1.53. The molecule has 4 aliphatic rings. The van der Waals surface area contributed by atoms with Crippen LogP contribution in [0.25, 0.3) is 0 Å². The number of amides is 3. The van der Waals surface area contributed by atoms with Crippen molar-refractivity contribution in [2.75, 3.05) is 40.3 Å². The van der Waals surface area contributed by atoms with Crippen molar-refractivity contribution in [2.24, 2.45) is 16.8 Å². The zero-order chi connectivity index (χ0) is 18.3. The number of likely N-dealkylation sites (tertiary alicyclic amines) is 1. The van der Waals surface area contributed by atoms with Gasteiger partial charge in [-0.05, 0) is 30.6 Å². The molecule has 0 bridgehead atoms. The fourth-order valence-corrected chi connectivity index (χ4v) is 5.07. The van der Waals surface area contributed by atoms with Crippen LogP contribution in [0.15, 0.2) is 16.1 Å². The van der Waals surface area contributed by atoms with Gasteiger partial charge in [-0.15, -0.1) is 0 Å². The standard InChI is InChI=1S/C18H27N5O2S/c1-21(2)18(25)22-9-14(12-4-5-12)15(10-22)20-16(24)8-13-11-26-17-19-6-3-7-23(13)17/h11-12,14-15H,3-10H2,1-2H3,(H,20,24)/t14-,15+/m0/s1. The first-order valence-corrected chi connectivity index (χ1v) is 10.3. The molecule has 2 fully saturated rings. The van der Waals surface area contributed by atoms with Crippen LogP contribution >= 0.6 is 11.8 Å². The number of amidine groups is 1. The number of carbonyl (C=O) groups is 2. The van der Waals surface area contributed by atoms with E-state index < -0.39 is 0 Å². The molecular weight excluding hydrogens is 350 g/mol. The molecule has 0 spiro atoms. The first-order valence-electron chi connectivity index (χ1n) is 9.46. The Balaban J connectivity index is 1.36. The van der Waals surface area contributed by atoms with Gasteiger partial charge in [0.15, 0.2) is 5.17 Å². The molecule has 0 radical (unpaired) electrons. The minimum Gasteiger partial charge on any atom is -0.351 e. The summed E-state index contributed by atoms with van der Waals surface area (Å²) in [5.41, 5.74) is 1.05. The third-order valence-electron chi connectivity index (χ3n) is 5.60. The van der Waals surface area contributed by atoms with Gasteiger partial charge in [0.25, 0.3) is 0 Å². The number of nitrogens with zero attached hydrogens (tertiary/aromatic N) is 4. The van der Waals surface area contributed by atoms with Crippen molar-refractivity contribution >= 4 is 28.9 Å². The maximum Gasteiger partial charge on any atom is 0.319 e. The van der Waals surface area contributed by atoms with Crippen molar-refractivity contribution in [2.45, 2.75) is 31.7 Å². The van der Waals surface area contributed by atoms with Gasteiger partial charge >= 0.3 is 6.03 Å². The molecule has 7 nitrogen and oxygen atoms in total. The summed E-state index contributed by atoms with van der Waals surface area (Å²) < 4.78 is 0. The van der Waals surface area contributed by atoms with Gasteiger partial charge in [-0.3, -0.25) is 9.79 Å². The zero-order valence-electron chi connectivity index (χ0n) is 15.5. The number of rotatable bonds is 4. The van der Waals surface area contributed by atoms with E-state index in [1.807, 2.05) is 4.90 Å². The smallest absolute Gasteiger partial charge is 0.319 e. The highest BCUT2D eigenvalue weighted by atomic mass is 32.2. The van der Waals surface area contributed by atoms with Crippen LogP contribution in [0.5, 0.6) is 0 Å². The quantitative estimate of drug-likeness (QED) is 0.807. The minimum atomic E-state index is 0.0384. The summed E-state index contributed by atoms with van der Waals surface area (Å²) in [6.07, 6.45) is 3.87. The van der Waals surface area contributed by atoms with Crippen LogP contribution in [0.4, 0.5) is 4.79 Å². The average molecular weight is 378 g/mol. The third-order valence-corrected chi connectivity index (χ3v) is 6.55. The van der Waals surface area contributed by atoms with E-state index in [-0.39, 0.29) is 18.0 Å². The number of nitrogens with one attached hydrogen (secondary N) is 1. The van der Waals surface area contributed by atoms with E-state index in [0.29, 0.717) is 24.8 Å². The minimum absolute atomic E-state index is 0.0384. The molecule has 0 unspecified atom stereocenters. The molecule has 0 aromatic carbocycles. The average Bonchev–Trinajstić information content (AvgIpc) is 3.27. The van der Waals surface area contributed by atoms with Crippen molar-refractivity contribution in [1.82, 2.24) is 20.0 Å². The molecule has 3 amide bonds. The number of fused-ring (bicyclic) bond motifs is 1. The second-order valence-electron chi connectivity index (χ2n) is 7.83. The summed E-state index contributed by atoms with van der Waals surface area (Å²) in [6, 6.07) is 0.111. The first-order chi connectivity index (χ1) is 12.5. The summed E-state index contributed by atoms with van der Waals surface area (Å²) in [5, 5.41) is 6.31. The maximum absolute atomic E-state index is 12.7. The normalized spacial score (nSPS) is 27.8. The Kier molecular flexibility index (Phi) is 4.86. The van der Waals surface area contributed by atoms with E-state index in [2.05, 4.69) is 20.6 Å². The van der Waals surface area contributed by atoms with Gasteiger partial charge < -0.3 is 20.0 Å². The molecule has 142 valence electrons. The summed E-state index contributed by atoms with van der Waals surface area (Å²) in [5.74, 6) is 1.10. The second-order valence-corrected chi connectivity index (χ2v) is 8.67. The van der Waals surface area contributed by atoms with E-state index >= 15 is 0 Å². The Morgan fingerprint density at radius 2 is 2.15 bits per heavy atom. The van der Waals surface area contributed by atoms with Crippen LogP contribution in [0.3, 0.4) is 0 Å². The Morgan fingerprint density at radius 1 is 1.35 bits per heavy atom. The van der Waals surface area contributed by atoms with Crippen LogP contribution in [0, 0.1) is 11.8 Å². The lowest BCUT2D eigenvalue weighted by molar-refractivity contribution is -0.121. The highest BCUT2D eigenvalue weighted by molar-refractivity contribution is 8.16. The molecule has 8 heteroatoms. The van der Waals surface area contributed by atoms with Crippen molar-refractivity contribution in [1.29, 1.82) is 0 Å². The molecule has 1 saturated heterocycles. The largest absolute Gasteiger partial charge is 0.351 e. The molecule has 4 rings (SSSR count). The first kappa shape index (κ1) is 17.7. The Morgan fingerprint density at radius 3 is 2.88 bits per heavy atom.